The van der Waals surface area contributed by atoms with E-state index in [1.165, 1.54) is 17.2 Å². The fourth-order valence-corrected chi connectivity index (χ4v) is 5.67. The molecule has 0 saturated carbocycles. The Hall–Kier alpha value is -2.33. The van der Waals surface area contributed by atoms with Gasteiger partial charge in [-0.3, -0.25) is 19.3 Å². The van der Waals surface area contributed by atoms with Gasteiger partial charge in [-0.05, 0) is 49.4 Å². The van der Waals surface area contributed by atoms with Crippen LogP contribution >= 0.6 is 11.8 Å². The number of imide groups is 1. The van der Waals surface area contributed by atoms with Gasteiger partial charge in [-0.25, -0.2) is 8.42 Å². The molecule has 0 spiro atoms. The highest BCUT2D eigenvalue weighted by molar-refractivity contribution is 8.18. The van der Waals surface area contributed by atoms with Crippen molar-refractivity contribution in [2.24, 2.45) is 0 Å². The zero-order valence-electron chi connectivity index (χ0n) is 15.2. The normalized spacial score (nSPS) is 23.2. The molecule has 0 N–H and O–H groups in total. The van der Waals surface area contributed by atoms with Gasteiger partial charge in [-0.15, -0.1) is 0 Å². The summed E-state index contributed by atoms with van der Waals surface area (Å²) in [5, 5.41) is -0.522. The maximum absolute atomic E-state index is 12.6. The highest BCUT2D eigenvalue weighted by atomic mass is 32.2. The van der Waals surface area contributed by atoms with Gasteiger partial charge in [-0.1, -0.05) is 6.08 Å². The number of likely N-dealkylation sites (N-methyl/N-ethyl adjacent to an activating group) is 1. The molecule has 2 aliphatic rings. The number of rotatable bonds is 6. The van der Waals surface area contributed by atoms with Crippen molar-refractivity contribution in [1.82, 2.24) is 9.80 Å². The van der Waals surface area contributed by atoms with Crippen molar-refractivity contribution in [1.29, 1.82) is 0 Å². The van der Waals surface area contributed by atoms with E-state index < -0.39 is 39.5 Å². The van der Waals surface area contributed by atoms with E-state index in [-0.39, 0.29) is 16.4 Å². The van der Waals surface area contributed by atoms with Gasteiger partial charge in [0.1, 0.15) is 12.3 Å². The maximum Gasteiger partial charge on any atom is 0.294 e. The number of thioether (sulfide) groups is 1. The van der Waals surface area contributed by atoms with Gasteiger partial charge in [0.15, 0.2) is 9.84 Å². The minimum absolute atomic E-state index is 0.0494. The summed E-state index contributed by atoms with van der Waals surface area (Å²) in [6.45, 7) is 1.67. The average Bonchev–Trinajstić information content (AvgIpc) is 3.33. The Kier molecular flexibility index (Phi) is 6.09. The molecule has 1 aromatic rings. The van der Waals surface area contributed by atoms with Crippen molar-refractivity contribution in [3.8, 4) is 0 Å². The summed E-state index contributed by atoms with van der Waals surface area (Å²) in [4.78, 5) is 39.8. The fourth-order valence-electron chi connectivity index (χ4n) is 3.15. The van der Waals surface area contributed by atoms with Gasteiger partial charge in [0, 0.05) is 12.6 Å². The molecule has 28 heavy (non-hydrogen) atoms. The average molecular weight is 425 g/mol. The van der Waals surface area contributed by atoms with Gasteiger partial charge in [0.25, 0.3) is 11.1 Å². The van der Waals surface area contributed by atoms with Crippen molar-refractivity contribution in [2.45, 2.75) is 19.4 Å². The number of furan rings is 1. The largest absolute Gasteiger partial charge is 0.465 e. The lowest BCUT2D eigenvalue weighted by Gasteiger charge is -2.28. The molecule has 0 radical (unpaired) electrons. The van der Waals surface area contributed by atoms with Gasteiger partial charge in [0.05, 0.1) is 22.7 Å². The van der Waals surface area contributed by atoms with E-state index in [4.69, 9.17) is 4.42 Å². The second-order valence-electron chi connectivity index (χ2n) is 6.40. The van der Waals surface area contributed by atoms with Crippen LogP contribution in [0.5, 0.6) is 0 Å². The number of carbonyl (C=O) groups excluding carboxylic acids is 3. The third-order valence-electron chi connectivity index (χ3n) is 4.53. The summed E-state index contributed by atoms with van der Waals surface area (Å²) in [6.07, 6.45) is 6.65. The van der Waals surface area contributed by atoms with E-state index in [9.17, 15) is 22.8 Å². The second-order valence-corrected chi connectivity index (χ2v) is 9.62. The van der Waals surface area contributed by atoms with Crippen LogP contribution in [0.25, 0.3) is 6.08 Å². The predicted octanol–water partition coefficient (Wildman–Crippen LogP) is 1.91. The first-order chi connectivity index (χ1) is 13.3. The minimum Gasteiger partial charge on any atom is -0.465 e. The smallest absolute Gasteiger partial charge is 0.294 e. The third-order valence-corrected chi connectivity index (χ3v) is 7.20. The molecule has 1 aromatic heterocycles. The summed E-state index contributed by atoms with van der Waals surface area (Å²) in [5.74, 6) is -0.391. The molecule has 3 amide bonds. The SMILES string of the molecule is CCN(C(=O)CN1C(=O)SC(=CC=Cc2ccco2)C1=O)C1CCS(=O)(=O)C1. The van der Waals surface area contributed by atoms with E-state index in [1.54, 1.807) is 31.2 Å². The van der Waals surface area contributed by atoms with Gasteiger partial charge < -0.3 is 9.32 Å². The topological polar surface area (TPSA) is 105 Å². The monoisotopic (exact) mass is 424 g/mol. The molecular formula is C18H20N2O6S2. The lowest BCUT2D eigenvalue weighted by Crippen LogP contribution is -2.47. The lowest BCUT2D eigenvalue weighted by atomic mass is 10.2. The Labute approximate surface area is 167 Å². The molecule has 0 bridgehead atoms. The number of sulfone groups is 1. The molecule has 1 atom stereocenters. The van der Waals surface area contributed by atoms with Crippen LogP contribution in [0, 0.1) is 0 Å². The number of allylic oxidation sites excluding steroid dienone is 2. The lowest BCUT2D eigenvalue weighted by molar-refractivity contribution is -0.137. The van der Waals surface area contributed by atoms with Crippen LogP contribution < -0.4 is 0 Å². The van der Waals surface area contributed by atoms with Crippen LogP contribution in [0.4, 0.5) is 4.79 Å². The number of amides is 3. The van der Waals surface area contributed by atoms with Crippen LogP contribution in [-0.2, 0) is 19.4 Å². The van der Waals surface area contributed by atoms with Crippen molar-refractivity contribution >= 4 is 44.7 Å². The Morgan fingerprint density at radius 2 is 2.21 bits per heavy atom. The molecule has 10 heteroatoms. The van der Waals surface area contributed by atoms with Crippen LogP contribution in [0.15, 0.2) is 39.9 Å². The van der Waals surface area contributed by atoms with Crippen molar-refractivity contribution in [2.75, 3.05) is 24.6 Å². The van der Waals surface area contributed by atoms with Crippen LogP contribution in [0.2, 0.25) is 0 Å². The Bertz CT molecular complexity index is 933. The quantitative estimate of drug-likeness (QED) is 0.642. The summed E-state index contributed by atoms with van der Waals surface area (Å²) in [6, 6.07) is 3.07. The number of hydrogen-bond acceptors (Lipinski definition) is 7. The molecule has 2 fully saturated rings. The molecule has 0 aliphatic carbocycles. The van der Waals surface area contributed by atoms with Crippen molar-refractivity contribution in [3.63, 3.8) is 0 Å². The van der Waals surface area contributed by atoms with Gasteiger partial charge in [0.2, 0.25) is 5.91 Å². The zero-order valence-corrected chi connectivity index (χ0v) is 16.9. The van der Waals surface area contributed by atoms with E-state index >= 15 is 0 Å². The molecule has 0 aromatic carbocycles. The van der Waals surface area contributed by atoms with E-state index in [1.807, 2.05) is 0 Å². The first-order valence-corrected chi connectivity index (χ1v) is 11.4. The van der Waals surface area contributed by atoms with E-state index in [0.717, 1.165) is 16.7 Å². The first-order valence-electron chi connectivity index (χ1n) is 8.76. The summed E-state index contributed by atoms with van der Waals surface area (Å²) < 4.78 is 28.5. The summed E-state index contributed by atoms with van der Waals surface area (Å²) in [5.41, 5.74) is 0. The highest BCUT2D eigenvalue weighted by Gasteiger charge is 2.39. The Morgan fingerprint density at radius 3 is 2.82 bits per heavy atom. The molecule has 8 nitrogen and oxygen atoms in total. The minimum atomic E-state index is -3.14. The molecule has 3 rings (SSSR count). The highest BCUT2D eigenvalue weighted by Crippen LogP contribution is 2.31. The van der Waals surface area contributed by atoms with E-state index in [2.05, 4.69) is 0 Å². The summed E-state index contributed by atoms with van der Waals surface area (Å²) >= 11 is 0.762. The molecule has 3 heterocycles. The zero-order chi connectivity index (χ0) is 20.3. The van der Waals surface area contributed by atoms with Gasteiger partial charge >= 0.3 is 0 Å². The summed E-state index contributed by atoms with van der Waals surface area (Å²) in [7, 11) is -3.14. The van der Waals surface area contributed by atoms with Crippen LogP contribution in [0.1, 0.15) is 19.1 Å². The second kappa shape index (κ2) is 8.36. The Balaban J connectivity index is 1.65. The Morgan fingerprint density at radius 1 is 1.43 bits per heavy atom. The van der Waals surface area contributed by atoms with Crippen LogP contribution in [0.3, 0.4) is 0 Å². The molecule has 1 unspecified atom stereocenters. The predicted molar refractivity (Wildman–Crippen MR) is 105 cm³/mol. The molecular weight excluding hydrogens is 404 g/mol. The fraction of sp³-hybridized carbons (Fsp3) is 0.389. The van der Waals surface area contributed by atoms with Crippen molar-refractivity contribution in [3.05, 3.63) is 41.2 Å². The number of hydrogen-bond donors (Lipinski definition) is 0. The number of nitrogens with zero attached hydrogens (tertiary/aromatic N) is 2. The van der Waals surface area contributed by atoms with E-state index in [0.29, 0.717) is 18.7 Å². The van der Waals surface area contributed by atoms with Gasteiger partial charge in [-0.2, -0.15) is 0 Å². The maximum atomic E-state index is 12.6. The number of carbonyl (C=O) groups is 3. The van der Waals surface area contributed by atoms with Crippen LogP contribution in [-0.4, -0.2) is 65.9 Å². The molecule has 2 saturated heterocycles. The first kappa shape index (κ1) is 20.4. The standard InChI is InChI=1S/C18H20N2O6S2/c1-2-19(13-8-10-28(24,25)12-13)16(21)11-20-17(22)15(27-18(20)23)7-3-5-14-6-4-9-26-14/h3-7,9,13H,2,8,10-12H2,1H3. The molecule has 150 valence electrons. The third kappa shape index (κ3) is 4.56. The molecule has 2 aliphatic heterocycles. The van der Waals surface area contributed by atoms with Crippen molar-refractivity contribution < 1.29 is 27.2 Å².